The molecule has 4 nitrogen and oxygen atoms in total. The van der Waals surface area contributed by atoms with Gasteiger partial charge < -0.3 is 10.6 Å². The highest BCUT2D eigenvalue weighted by Gasteiger charge is 2.04. The lowest BCUT2D eigenvalue weighted by atomic mass is 10.1. The van der Waals surface area contributed by atoms with Crippen LogP contribution in [-0.2, 0) is 6.54 Å². The van der Waals surface area contributed by atoms with Crippen molar-refractivity contribution in [3.8, 4) is 0 Å². The van der Waals surface area contributed by atoms with E-state index in [-0.39, 0.29) is 0 Å². The fraction of sp³-hybridized carbons (Fsp3) is 0.200. The summed E-state index contributed by atoms with van der Waals surface area (Å²) < 4.78 is 0. The van der Waals surface area contributed by atoms with E-state index < -0.39 is 0 Å². The first kappa shape index (κ1) is 16.0. The summed E-state index contributed by atoms with van der Waals surface area (Å²) in [6, 6.07) is 18.5. The molecule has 0 radical (unpaired) electrons. The molecule has 0 spiro atoms. The van der Waals surface area contributed by atoms with Gasteiger partial charge in [0.15, 0.2) is 0 Å². The minimum absolute atomic E-state index is 0.632. The van der Waals surface area contributed by atoms with Gasteiger partial charge in [0.25, 0.3) is 0 Å². The monoisotopic (exact) mass is 318 g/mol. The first-order valence-electron chi connectivity index (χ1n) is 8.08. The van der Waals surface area contributed by atoms with Crippen LogP contribution in [0, 0.1) is 20.8 Å². The maximum Gasteiger partial charge on any atom is 0.225 e. The van der Waals surface area contributed by atoms with Gasteiger partial charge in [-0.05, 0) is 38.0 Å². The van der Waals surface area contributed by atoms with Crippen LogP contribution < -0.4 is 10.6 Å². The summed E-state index contributed by atoms with van der Waals surface area (Å²) in [6.45, 7) is 6.85. The third-order valence-electron chi connectivity index (χ3n) is 3.80. The summed E-state index contributed by atoms with van der Waals surface area (Å²) in [7, 11) is 0. The van der Waals surface area contributed by atoms with Gasteiger partial charge in [-0.25, -0.2) is 4.98 Å². The van der Waals surface area contributed by atoms with E-state index in [4.69, 9.17) is 0 Å². The van der Waals surface area contributed by atoms with Gasteiger partial charge in [0.05, 0.1) is 0 Å². The van der Waals surface area contributed by atoms with Crippen molar-refractivity contribution in [1.82, 2.24) is 9.97 Å². The van der Waals surface area contributed by atoms with Crippen LogP contribution >= 0.6 is 0 Å². The Morgan fingerprint density at radius 3 is 2.50 bits per heavy atom. The highest BCUT2D eigenvalue weighted by atomic mass is 15.1. The zero-order valence-electron chi connectivity index (χ0n) is 14.3. The Morgan fingerprint density at radius 2 is 1.71 bits per heavy atom. The zero-order valence-corrected chi connectivity index (χ0v) is 14.3. The quantitative estimate of drug-likeness (QED) is 0.712. The summed E-state index contributed by atoms with van der Waals surface area (Å²) in [5.74, 6) is 1.43. The summed E-state index contributed by atoms with van der Waals surface area (Å²) in [4.78, 5) is 9.05. The lowest BCUT2D eigenvalue weighted by molar-refractivity contribution is 1.03. The molecule has 0 aliphatic rings. The molecule has 0 fully saturated rings. The standard InChI is InChI=1S/C20H22N4/c1-14-7-6-9-17(11-14)13-21-20-22-16(3)12-19(24-20)23-18-10-5-4-8-15(18)2/h4-12H,13H2,1-3H3,(H2,21,22,23,24). The van der Waals surface area contributed by atoms with Gasteiger partial charge in [-0.1, -0.05) is 48.0 Å². The number of rotatable bonds is 5. The van der Waals surface area contributed by atoms with E-state index in [0.717, 1.165) is 17.2 Å². The lowest BCUT2D eigenvalue weighted by Gasteiger charge is -2.11. The van der Waals surface area contributed by atoms with E-state index in [1.807, 2.05) is 31.2 Å². The number of benzene rings is 2. The van der Waals surface area contributed by atoms with Crippen LogP contribution in [0.5, 0.6) is 0 Å². The first-order chi connectivity index (χ1) is 11.6. The van der Waals surface area contributed by atoms with E-state index in [0.29, 0.717) is 12.5 Å². The molecule has 3 rings (SSSR count). The maximum absolute atomic E-state index is 4.57. The van der Waals surface area contributed by atoms with Gasteiger partial charge in [-0.3, -0.25) is 0 Å². The molecule has 2 N–H and O–H groups in total. The van der Waals surface area contributed by atoms with Crippen molar-refractivity contribution in [2.75, 3.05) is 10.6 Å². The van der Waals surface area contributed by atoms with Gasteiger partial charge in [0.1, 0.15) is 5.82 Å². The SMILES string of the molecule is Cc1cccc(CNc2nc(C)cc(Nc3ccccc3C)n2)c1. The Balaban J connectivity index is 1.75. The van der Waals surface area contributed by atoms with E-state index in [9.17, 15) is 0 Å². The fourth-order valence-electron chi connectivity index (χ4n) is 2.57. The average molecular weight is 318 g/mol. The minimum atomic E-state index is 0.632. The summed E-state index contributed by atoms with van der Waals surface area (Å²) in [6.07, 6.45) is 0. The van der Waals surface area contributed by atoms with Crippen LogP contribution in [0.2, 0.25) is 0 Å². The second-order valence-electron chi connectivity index (χ2n) is 6.00. The van der Waals surface area contributed by atoms with Crippen LogP contribution in [0.25, 0.3) is 0 Å². The normalized spacial score (nSPS) is 10.5. The van der Waals surface area contributed by atoms with Crippen molar-refractivity contribution in [2.45, 2.75) is 27.3 Å². The molecule has 1 aromatic heterocycles. The molecular formula is C20H22N4. The molecule has 0 saturated heterocycles. The molecule has 0 atom stereocenters. The number of anilines is 3. The Kier molecular flexibility index (Phi) is 4.75. The Morgan fingerprint density at radius 1 is 0.875 bits per heavy atom. The van der Waals surface area contributed by atoms with E-state index in [1.54, 1.807) is 0 Å². The molecule has 0 aliphatic carbocycles. The van der Waals surface area contributed by atoms with E-state index >= 15 is 0 Å². The topological polar surface area (TPSA) is 49.8 Å². The predicted molar refractivity (Wildman–Crippen MR) is 99.7 cm³/mol. The smallest absolute Gasteiger partial charge is 0.225 e. The minimum Gasteiger partial charge on any atom is -0.350 e. The molecule has 122 valence electrons. The van der Waals surface area contributed by atoms with Gasteiger partial charge in [0.2, 0.25) is 5.95 Å². The van der Waals surface area contributed by atoms with Crippen LogP contribution in [0.15, 0.2) is 54.6 Å². The number of nitrogens with one attached hydrogen (secondary N) is 2. The molecule has 0 aliphatic heterocycles. The molecular weight excluding hydrogens is 296 g/mol. The number of aryl methyl sites for hydroxylation is 3. The van der Waals surface area contributed by atoms with Crippen LogP contribution in [0.4, 0.5) is 17.5 Å². The van der Waals surface area contributed by atoms with Crippen molar-refractivity contribution in [1.29, 1.82) is 0 Å². The Bertz CT molecular complexity index is 843. The van der Waals surface area contributed by atoms with Crippen LogP contribution in [0.1, 0.15) is 22.4 Å². The summed E-state index contributed by atoms with van der Waals surface area (Å²) in [5.41, 5.74) is 5.63. The third-order valence-corrected chi connectivity index (χ3v) is 3.80. The number of nitrogens with zero attached hydrogens (tertiary/aromatic N) is 2. The second kappa shape index (κ2) is 7.13. The fourth-order valence-corrected chi connectivity index (χ4v) is 2.57. The average Bonchev–Trinajstić information content (AvgIpc) is 2.55. The molecule has 24 heavy (non-hydrogen) atoms. The number of aromatic nitrogens is 2. The van der Waals surface area contributed by atoms with E-state index in [1.165, 1.54) is 16.7 Å². The van der Waals surface area contributed by atoms with E-state index in [2.05, 4.69) is 64.8 Å². The number of hydrogen-bond acceptors (Lipinski definition) is 4. The zero-order chi connectivity index (χ0) is 16.9. The molecule has 0 saturated carbocycles. The molecule has 0 amide bonds. The van der Waals surface area contributed by atoms with Gasteiger partial charge in [-0.2, -0.15) is 4.98 Å². The van der Waals surface area contributed by atoms with Gasteiger partial charge >= 0.3 is 0 Å². The third kappa shape index (κ3) is 4.10. The van der Waals surface area contributed by atoms with Crippen molar-refractivity contribution in [2.24, 2.45) is 0 Å². The summed E-state index contributed by atoms with van der Waals surface area (Å²) >= 11 is 0. The Labute approximate surface area is 143 Å². The first-order valence-corrected chi connectivity index (χ1v) is 8.08. The molecule has 4 heteroatoms. The number of para-hydroxylation sites is 1. The van der Waals surface area contributed by atoms with Crippen molar-refractivity contribution in [3.63, 3.8) is 0 Å². The van der Waals surface area contributed by atoms with Crippen molar-refractivity contribution < 1.29 is 0 Å². The summed E-state index contributed by atoms with van der Waals surface area (Å²) in [5, 5.41) is 6.68. The highest BCUT2D eigenvalue weighted by molar-refractivity contribution is 5.61. The Hall–Kier alpha value is -2.88. The number of hydrogen-bond donors (Lipinski definition) is 2. The highest BCUT2D eigenvalue weighted by Crippen LogP contribution is 2.20. The molecule has 0 unspecified atom stereocenters. The van der Waals surface area contributed by atoms with Crippen molar-refractivity contribution in [3.05, 3.63) is 77.0 Å². The van der Waals surface area contributed by atoms with Crippen LogP contribution in [0.3, 0.4) is 0 Å². The molecule has 0 bridgehead atoms. The lowest BCUT2D eigenvalue weighted by Crippen LogP contribution is -2.06. The molecule has 1 heterocycles. The maximum atomic E-state index is 4.57. The second-order valence-corrected chi connectivity index (χ2v) is 6.00. The van der Waals surface area contributed by atoms with Crippen LogP contribution in [-0.4, -0.2) is 9.97 Å². The molecule has 2 aromatic carbocycles. The molecule has 3 aromatic rings. The van der Waals surface area contributed by atoms with Gasteiger partial charge in [-0.15, -0.1) is 0 Å². The van der Waals surface area contributed by atoms with Crippen molar-refractivity contribution >= 4 is 17.5 Å². The largest absolute Gasteiger partial charge is 0.350 e. The van der Waals surface area contributed by atoms with Gasteiger partial charge in [0, 0.05) is 24.0 Å². The predicted octanol–water partition coefficient (Wildman–Crippen LogP) is 4.76.